The maximum atomic E-state index is 11.9. The number of aliphatic hydroxyl groups is 6. The van der Waals surface area contributed by atoms with Gasteiger partial charge in [0, 0.05) is 40.4 Å². The van der Waals surface area contributed by atoms with Crippen molar-refractivity contribution >= 4 is 49.8 Å². The SMILES string of the molecule is CCBr.CCOC(=O)C1O[C@@H](Oc2ccc3c(C)cc(=O)oc3c2)C(O)[C@H](O)[C@@H]1O.Cc1cc(=O)oc2cc(O[C@@H]3OC(C(=O)O)[C@@H](O)[C@@H](O)C3O)ccc12. The summed E-state index contributed by atoms with van der Waals surface area (Å²) >= 11 is 3.15. The zero-order valence-corrected chi connectivity index (χ0v) is 31.4. The van der Waals surface area contributed by atoms with Gasteiger partial charge in [-0.25, -0.2) is 19.2 Å². The van der Waals surface area contributed by atoms with Crippen LogP contribution in [0, 0.1) is 13.8 Å². The lowest BCUT2D eigenvalue weighted by Gasteiger charge is -2.38. The smallest absolute Gasteiger partial charge is 0.338 e. The Morgan fingerprint density at radius 2 is 1.05 bits per heavy atom. The first-order valence-corrected chi connectivity index (χ1v) is 17.9. The van der Waals surface area contributed by atoms with Crippen LogP contribution >= 0.6 is 15.9 Å². The minimum Gasteiger partial charge on any atom is -0.479 e. The Morgan fingerprint density at radius 1 is 0.655 bits per heavy atom. The molecular weight excluding hydrogens is 800 g/mol. The number of alkyl halides is 1. The van der Waals surface area contributed by atoms with Crippen LogP contribution in [0.15, 0.2) is 67.0 Å². The first-order chi connectivity index (χ1) is 26.0. The molecule has 2 aromatic carbocycles. The Hall–Kier alpha value is -4.44. The highest BCUT2D eigenvalue weighted by Gasteiger charge is 2.49. The Bertz CT molecular complexity index is 2060. The molecular formula is C36H41BrO18. The van der Waals surface area contributed by atoms with Crippen molar-refractivity contribution in [2.45, 2.75) is 89.1 Å². The van der Waals surface area contributed by atoms with Crippen molar-refractivity contribution in [1.82, 2.24) is 0 Å². The molecule has 7 N–H and O–H groups in total. The maximum absolute atomic E-state index is 11.9. The average molecular weight is 842 g/mol. The average Bonchev–Trinajstić information content (AvgIpc) is 3.12. The highest BCUT2D eigenvalue weighted by Crippen LogP contribution is 2.29. The van der Waals surface area contributed by atoms with Crippen LogP contribution in [0.5, 0.6) is 11.5 Å². The van der Waals surface area contributed by atoms with Gasteiger partial charge in [-0.15, -0.1) is 0 Å². The summed E-state index contributed by atoms with van der Waals surface area (Å²) in [5, 5.41) is 70.9. The largest absolute Gasteiger partial charge is 0.479 e. The fourth-order valence-electron chi connectivity index (χ4n) is 5.54. The number of rotatable bonds is 7. The second-order valence-electron chi connectivity index (χ2n) is 12.2. The lowest BCUT2D eigenvalue weighted by Crippen LogP contribution is -2.61. The summed E-state index contributed by atoms with van der Waals surface area (Å²) in [7, 11) is 0. The van der Waals surface area contributed by atoms with Crippen LogP contribution in [0.4, 0.5) is 0 Å². The monoisotopic (exact) mass is 840 g/mol. The molecule has 2 fully saturated rings. The van der Waals surface area contributed by atoms with Gasteiger partial charge in [-0.05, 0) is 56.2 Å². The van der Waals surface area contributed by atoms with Gasteiger partial charge in [0.1, 0.15) is 59.3 Å². The molecule has 2 saturated heterocycles. The van der Waals surface area contributed by atoms with Crippen molar-refractivity contribution in [3.8, 4) is 11.5 Å². The molecule has 19 heteroatoms. The van der Waals surface area contributed by atoms with Crippen molar-refractivity contribution in [1.29, 1.82) is 0 Å². The number of aryl methyl sites for hydroxylation is 2. The van der Waals surface area contributed by atoms with Gasteiger partial charge in [0.15, 0.2) is 12.2 Å². The molecule has 2 aliphatic heterocycles. The number of carbonyl (C=O) groups is 2. The Kier molecular flexibility index (Phi) is 14.9. The molecule has 0 bridgehead atoms. The third kappa shape index (κ3) is 10.3. The fraction of sp³-hybridized carbons (Fsp3) is 0.444. The molecule has 0 amide bonds. The van der Waals surface area contributed by atoms with Crippen LogP contribution in [0.25, 0.3) is 21.9 Å². The number of ether oxygens (including phenoxy) is 5. The first-order valence-electron chi connectivity index (χ1n) is 16.8. The third-order valence-corrected chi connectivity index (χ3v) is 8.25. The van der Waals surface area contributed by atoms with Crippen molar-refractivity contribution in [2.75, 3.05) is 11.9 Å². The number of carbonyl (C=O) groups excluding carboxylic acids is 1. The van der Waals surface area contributed by atoms with Crippen molar-refractivity contribution < 1.29 is 77.9 Å². The molecule has 300 valence electrons. The Balaban J connectivity index is 0.000000229. The molecule has 10 atom stereocenters. The summed E-state index contributed by atoms with van der Waals surface area (Å²) in [4.78, 5) is 46.0. The summed E-state index contributed by atoms with van der Waals surface area (Å²) in [6, 6.07) is 11.9. The molecule has 0 spiro atoms. The van der Waals surface area contributed by atoms with Gasteiger partial charge >= 0.3 is 23.2 Å². The number of benzene rings is 2. The van der Waals surface area contributed by atoms with Crippen LogP contribution in [0.1, 0.15) is 25.0 Å². The quantitative estimate of drug-likeness (QED) is 0.0763. The minimum absolute atomic E-state index is 0.0542. The van der Waals surface area contributed by atoms with E-state index in [-0.39, 0.29) is 29.3 Å². The fourth-order valence-corrected chi connectivity index (χ4v) is 5.54. The van der Waals surface area contributed by atoms with E-state index in [0.717, 1.165) is 10.9 Å². The normalized spacial score (nSPS) is 27.5. The molecule has 0 radical (unpaired) electrons. The van der Waals surface area contributed by atoms with E-state index >= 15 is 0 Å². The summed E-state index contributed by atoms with van der Waals surface area (Å²) in [6.07, 6.45) is -16.5. The van der Waals surface area contributed by atoms with Gasteiger partial charge < -0.3 is 68.3 Å². The zero-order chi connectivity index (χ0) is 40.7. The number of carboxylic acids is 1. The number of halogens is 1. The lowest BCUT2D eigenvalue weighted by atomic mass is 9.99. The van der Waals surface area contributed by atoms with E-state index in [9.17, 15) is 49.8 Å². The molecule has 4 aromatic rings. The lowest BCUT2D eigenvalue weighted by molar-refractivity contribution is -0.272. The summed E-state index contributed by atoms with van der Waals surface area (Å²) in [5.41, 5.74) is 0.875. The molecule has 6 rings (SSSR count). The molecule has 55 heavy (non-hydrogen) atoms. The van der Waals surface area contributed by atoms with Crippen LogP contribution < -0.4 is 20.7 Å². The summed E-state index contributed by atoms with van der Waals surface area (Å²) in [5.74, 6) is -2.10. The van der Waals surface area contributed by atoms with Gasteiger partial charge in [0.2, 0.25) is 12.6 Å². The van der Waals surface area contributed by atoms with Gasteiger partial charge in [0.05, 0.1) is 6.61 Å². The zero-order valence-electron chi connectivity index (χ0n) is 29.8. The van der Waals surface area contributed by atoms with Crippen molar-refractivity contribution in [3.63, 3.8) is 0 Å². The summed E-state index contributed by atoms with van der Waals surface area (Å²) < 4.78 is 36.2. The predicted molar refractivity (Wildman–Crippen MR) is 193 cm³/mol. The van der Waals surface area contributed by atoms with E-state index in [0.29, 0.717) is 16.3 Å². The molecule has 2 aliphatic rings. The second kappa shape index (κ2) is 18.9. The standard InChI is InChI=1S/C18H20O9.C16H16O9.C2H5Br/c1-3-24-17(23)16-14(21)13(20)15(22)18(27-16)25-9-4-5-10-8(2)6-12(19)26-11(10)7-9;1-6-4-10(17)24-9-5-7(2-3-8(6)9)23-16-13(20)11(18)12(19)14(25-16)15(21)22;1-2-3/h4-7,13-16,18,20-22H,3H2,1-2H3;2-5,11-14,16,18-20H,1H3,(H,21,22);2H2,1H3/t13-,14+,15?,16?,18-;11-,12+,13?,14?,16-;/m11./s1. The number of aliphatic hydroxyl groups excluding tert-OH is 6. The van der Waals surface area contributed by atoms with Crippen LogP contribution in [-0.2, 0) is 23.8 Å². The summed E-state index contributed by atoms with van der Waals surface area (Å²) in [6.45, 7) is 7.17. The maximum Gasteiger partial charge on any atom is 0.338 e. The van der Waals surface area contributed by atoms with Crippen molar-refractivity contribution in [2.24, 2.45) is 0 Å². The topological polar surface area (TPSA) is 282 Å². The predicted octanol–water partition coefficient (Wildman–Crippen LogP) is 0.625. The molecule has 0 saturated carbocycles. The molecule has 4 heterocycles. The number of esters is 1. The number of hydrogen-bond acceptors (Lipinski definition) is 17. The van der Waals surface area contributed by atoms with Crippen LogP contribution in [0.3, 0.4) is 0 Å². The number of fused-ring (bicyclic) bond motifs is 2. The molecule has 2 aromatic heterocycles. The van der Waals surface area contributed by atoms with E-state index in [1.165, 1.54) is 30.3 Å². The van der Waals surface area contributed by atoms with Crippen molar-refractivity contribution in [3.05, 3.63) is 80.5 Å². The van der Waals surface area contributed by atoms with E-state index < -0.39 is 84.6 Å². The Labute approximate surface area is 320 Å². The van der Waals surface area contributed by atoms with Crippen LogP contribution in [-0.4, -0.2) is 121 Å². The number of carboxylic acid groups (broad SMARTS) is 1. The van der Waals surface area contributed by atoms with Crippen LogP contribution in [0.2, 0.25) is 0 Å². The third-order valence-electron chi connectivity index (χ3n) is 8.25. The molecule has 18 nitrogen and oxygen atoms in total. The Morgan fingerprint density at radius 3 is 1.45 bits per heavy atom. The molecule has 4 unspecified atom stereocenters. The highest BCUT2D eigenvalue weighted by molar-refractivity contribution is 9.09. The van der Waals surface area contributed by atoms with Gasteiger partial charge in [-0.1, -0.05) is 22.9 Å². The van der Waals surface area contributed by atoms with E-state index in [4.69, 9.17) is 37.6 Å². The first kappa shape index (κ1) is 43.3. The highest BCUT2D eigenvalue weighted by atomic mass is 79.9. The minimum atomic E-state index is -1.80. The second-order valence-corrected chi connectivity index (χ2v) is 13.3. The van der Waals surface area contributed by atoms with E-state index in [1.54, 1.807) is 39.0 Å². The number of aliphatic carboxylic acids is 1. The van der Waals surface area contributed by atoms with E-state index in [2.05, 4.69) is 15.9 Å². The number of hydrogen-bond donors (Lipinski definition) is 7. The van der Waals surface area contributed by atoms with E-state index in [1.807, 2.05) is 6.92 Å². The molecule has 0 aliphatic carbocycles. The van der Waals surface area contributed by atoms with Gasteiger partial charge in [0.25, 0.3) is 0 Å². The van der Waals surface area contributed by atoms with Gasteiger partial charge in [-0.2, -0.15) is 0 Å². The van der Waals surface area contributed by atoms with Gasteiger partial charge in [-0.3, -0.25) is 0 Å².